The van der Waals surface area contributed by atoms with Gasteiger partial charge < -0.3 is 10.1 Å². The van der Waals surface area contributed by atoms with E-state index in [4.69, 9.17) is 4.74 Å². The largest absolute Gasteiger partial charge is 0.491 e. The number of hydrogen-bond donors (Lipinski definition) is 1. The zero-order chi connectivity index (χ0) is 15.5. The average molecular weight is 310 g/mol. The smallest absolute Gasteiger partial charge is 0.167 e. The summed E-state index contributed by atoms with van der Waals surface area (Å²) in [6.45, 7) is 9.83. The fraction of sp³-hybridized carbons (Fsp3) is 0.562. The van der Waals surface area contributed by atoms with Crippen LogP contribution in [-0.4, -0.2) is 23.6 Å². The summed E-state index contributed by atoms with van der Waals surface area (Å²) in [6, 6.07) is 4.91. The second-order valence-electron chi connectivity index (χ2n) is 6.35. The van der Waals surface area contributed by atoms with E-state index in [1.165, 1.54) is 6.07 Å². The van der Waals surface area contributed by atoms with Crippen LogP contribution in [0.5, 0.6) is 5.75 Å². The van der Waals surface area contributed by atoms with E-state index in [-0.39, 0.29) is 11.6 Å². The molecule has 1 aromatic carbocycles. The monoisotopic (exact) mass is 310 g/mol. The predicted octanol–water partition coefficient (Wildman–Crippen LogP) is 4.54. The minimum absolute atomic E-state index is 0.287. The fourth-order valence-electron chi connectivity index (χ4n) is 2.25. The molecule has 0 aromatic heterocycles. The van der Waals surface area contributed by atoms with Gasteiger partial charge in [-0.05, 0) is 30.9 Å². The lowest BCUT2D eigenvalue weighted by Gasteiger charge is -2.21. The number of halogens is 1. The number of amidine groups is 1. The molecule has 0 aliphatic carbocycles. The number of nitrogens with one attached hydrogen (secondary N) is 1. The van der Waals surface area contributed by atoms with Crippen molar-refractivity contribution >= 4 is 22.6 Å². The summed E-state index contributed by atoms with van der Waals surface area (Å²) in [7, 11) is 0. The van der Waals surface area contributed by atoms with Crippen LogP contribution in [0, 0.1) is 11.2 Å². The molecule has 0 saturated carbocycles. The number of anilines is 1. The molecule has 3 nitrogen and oxygen atoms in total. The van der Waals surface area contributed by atoms with Crippen LogP contribution in [0.3, 0.4) is 0 Å². The van der Waals surface area contributed by atoms with Gasteiger partial charge in [0.05, 0.1) is 13.2 Å². The van der Waals surface area contributed by atoms with Crippen LogP contribution < -0.4 is 10.1 Å². The van der Waals surface area contributed by atoms with Crippen LogP contribution in [0.15, 0.2) is 23.2 Å². The Hall–Kier alpha value is -1.23. The van der Waals surface area contributed by atoms with Gasteiger partial charge in [0, 0.05) is 17.0 Å². The minimum atomic E-state index is -0.350. The van der Waals surface area contributed by atoms with Gasteiger partial charge in [-0.25, -0.2) is 4.39 Å². The van der Waals surface area contributed by atoms with E-state index >= 15 is 0 Å². The molecule has 0 radical (unpaired) electrons. The molecule has 0 spiro atoms. The summed E-state index contributed by atoms with van der Waals surface area (Å²) in [6.07, 6.45) is 1.12. The van der Waals surface area contributed by atoms with Crippen molar-refractivity contribution in [1.29, 1.82) is 0 Å². The van der Waals surface area contributed by atoms with E-state index in [2.05, 4.69) is 31.1 Å². The molecule has 0 bridgehead atoms. The summed E-state index contributed by atoms with van der Waals surface area (Å²) in [5, 5.41) is 4.55. The molecule has 0 saturated heterocycles. The number of ether oxygens (including phenoxy) is 1. The van der Waals surface area contributed by atoms with Crippen LogP contribution in [0.25, 0.3) is 0 Å². The molecule has 5 heteroatoms. The topological polar surface area (TPSA) is 33.6 Å². The molecule has 0 amide bonds. The first-order valence-corrected chi connectivity index (χ1v) is 8.16. The average Bonchev–Trinajstić information content (AvgIpc) is 2.78. The first-order valence-electron chi connectivity index (χ1n) is 7.28. The van der Waals surface area contributed by atoms with Gasteiger partial charge in [0.2, 0.25) is 0 Å². The van der Waals surface area contributed by atoms with Gasteiger partial charge in [0.1, 0.15) is 0 Å². The van der Waals surface area contributed by atoms with Gasteiger partial charge in [-0.2, -0.15) is 0 Å². The van der Waals surface area contributed by atoms with Crippen molar-refractivity contribution < 1.29 is 9.13 Å². The Kier molecular flexibility index (Phi) is 5.14. The zero-order valence-electron chi connectivity index (χ0n) is 13.1. The number of rotatable bonds is 4. The standard InChI is InChI=1S/C16H23FN2OS/c1-5-20-14-7-6-11(8-13(14)17)19-15-18-10-12(21-15)9-16(2,3)4/h6-8,12H,5,9-10H2,1-4H3,(H,18,19). The van der Waals surface area contributed by atoms with Crippen LogP contribution in [-0.2, 0) is 0 Å². The third-order valence-corrected chi connectivity index (χ3v) is 4.14. The predicted molar refractivity (Wildman–Crippen MR) is 88.9 cm³/mol. The molecule has 1 heterocycles. The summed E-state index contributed by atoms with van der Waals surface area (Å²) in [4.78, 5) is 4.50. The minimum Gasteiger partial charge on any atom is -0.491 e. The molecular formula is C16H23FN2OS. The van der Waals surface area contributed by atoms with Gasteiger partial charge in [-0.1, -0.05) is 32.5 Å². The molecule has 0 fully saturated rings. The number of benzene rings is 1. The van der Waals surface area contributed by atoms with Crippen molar-refractivity contribution in [3.05, 3.63) is 24.0 Å². The van der Waals surface area contributed by atoms with E-state index in [1.807, 2.05) is 13.0 Å². The molecule has 2 rings (SSSR count). The Labute approximate surface area is 130 Å². The van der Waals surface area contributed by atoms with Gasteiger partial charge in [0.25, 0.3) is 0 Å². The van der Waals surface area contributed by atoms with Gasteiger partial charge in [-0.15, -0.1) is 0 Å². The molecule has 1 aliphatic heterocycles. The van der Waals surface area contributed by atoms with Gasteiger partial charge >= 0.3 is 0 Å². The Morgan fingerprint density at radius 2 is 2.19 bits per heavy atom. The Bertz CT molecular complexity index is 525. The zero-order valence-corrected chi connectivity index (χ0v) is 13.9. The van der Waals surface area contributed by atoms with Crippen LogP contribution in [0.1, 0.15) is 34.1 Å². The SMILES string of the molecule is CCOc1ccc(NC2=NCC(CC(C)(C)C)S2)cc1F. The van der Waals surface area contributed by atoms with E-state index in [1.54, 1.807) is 17.8 Å². The molecule has 116 valence electrons. The quantitative estimate of drug-likeness (QED) is 0.886. The Morgan fingerprint density at radius 1 is 1.43 bits per heavy atom. The fourth-order valence-corrected chi connectivity index (χ4v) is 3.62. The van der Waals surface area contributed by atoms with Gasteiger partial charge in [-0.3, -0.25) is 4.99 Å². The highest BCUT2D eigenvalue weighted by atomic mass is 32.2. The van der Waals surface area contributed by atoms with Crippen molar-refractivity contribution in [2.24, 2.45) is 10.4 Å². The van der Waals surface area contributed by atoms with E-state index in [0.717, 1.165) is 18.1 Å². The second-order valence-corrected chi connectivity index (χ2v) is 7.64. The normalized spacial score (nSPS) is 18.5. The maximum absolute atomic E-state index is 13.8. The third-order valence-electron chi connectivity index (χ3n) is 3.04. The first-order chi connectivity index (χ1) is 9.87. The lowest BCUT2D eigenvalue weighted by molar-refractivity contribution is 0.321. The van der Waals surface area contributed by atoms with E-state index < -0.39 is 0 Å². The molecular weight excluding hydrogens is 287 g/mol. The number of thioether (sulfide) groups is 1. The van der Waals surface area contributed by atoms with Crippen molar-refractivity contribution in [2.45, 2.75) is 39.4 Å². The Morgan fingerprint density at radius 3 is 2.81 bits per heavy atom. The van der Waals surface area contributed by atoms with Crippen LogP contribution in [0.4, 0.5) is 10.1 Å². The van der Waals surface area contributed by atoms with Crippen molar-refractivity contribution in [3.8, 4) is 5.75 Å². The Balaban J connectivity index is 1.93. The molecule has 1 N–H and O–H groups in total. The molecule has 1 aliphatic rings. The van der Waals surface area contributed by atoms with Gasteiger partial charge in [0.15, 0.2) is 16.7 Å². The van der Waals surface area contributed by atoms with Crippen molar-refractivity contribution in [3.63, 3.8) is 0 Å². The summed E-state index contributed by atoms with van der Waals surface area (Å²) in [5.74, 6) is -0.0636. The lowest BCUT2D eigenvalue weighted by atomic mass is 9.90. The van der Waals surface area contributed by atoms with E-state index in [0.29, 0.717) is 23.0 Å². The van der Waals surface area contributed by atoms with Crippen LogP contribution in [0.2, 0.25) is 0 Å². The summed E-state index contributed by atoms with van der Waals surface area (Å²) < 4.78 is 19.0. The highest BCUT2D eigenvalue weighted by molar-refractivity contribution is 8.15. The number of nitrogens with zero attached hydrogens (tertiary/aromatic N) is 1. The molecule has 1 atom stereocenters. The number of aliphatic imine (C=N–C) groups is 1. The summed E-state index contributed by atoms with van der Waals surface area (Å²) in [5.41, 5.74) is 1.01. The lowest BCUT2D eigenvalue weighted by Crippen LogP contribution is -2.16. The molecule has 21 heavy (non-hydrogen) atoms. The molecule has 1 aromatic rings. The van der Waals surface area contributed by atoms with Crippen LogP contribution >= 0.6 is 11.8 Å². The first kappa shape index (κ1) is 16.1. The molecule has 1 unspecified atom stereocenters. The summed E-state index contributed by atoms with van der Waals surface area (Å²) >= 11 is 1.74. The maximum atomic E-state index is 13.8. The van der Waals surface area contributed by atoms with E-state index in [9.17, 15) is 4.39 Å². The van der Waals surface area contributed by atoms with Crippen molar-refractivity contribution in [1.82, 2.24) is 0 Å². The highest BCUT2D eigenvalue weighted by Crippen LogP contribution is 2.32. The second kappa shape index (κ2) is 6.69. The highest BCUT2D eigenvalue weighted by Gasteiger charge is 2.25. The third kappa shape index (κ3) is 4.92. The maximum Gasteiger partial charge on any atom is 0.167 e. The number of hydrogen-bond acceptors (Lipinski definition) is 4. The van der Waals surface area contributed by atoms with Crippen molar-refractivity contribution in [2.75, 3.05) is 18.5 Å².